The van der Waals surface area contributed by atoms with Gasteiger partial charge in [-0.25, -0.2) is 13.1 Å². The number of ether oxygens (including phenoxy) is 2. The van der Waals surface area contributed by atoms with E-state index in [1.54, 1.807) is 30.0 Å². The fourth-order valence-electron chi connectivity index (χ4n) is 3.67. The van der Waals surface area contributed by atoms with E-state index < -0.39 is 15.8 Å². The number of sulfonamides is 1. The molecule has 8 nitrogen and oxygen atoms in total. The molecule has 3 heterocycles. The highest BCUT2D eigenvalue weighted by Crippen LogP contribution is 2.32. The summed E-state index contributed by atoms with van der Waals surface area (Å²) in [6, 6.07) is 7.98. The Morgan fingerprint density at radius 1 is 1.17 bits per heavy atom. The first-order valence-corrected chi connectivity index (χ1v) is 11.1. The van der Waals surface area contributed by atoms with Crippen LogP contribution in [-0.2, 0) is 26.0 Å². The molecule has 2 aliphatic rings. The highest BCUT2D eigenvalue weighted by Gasteiger charge is 2.41. The minimum Gasteiger partial charge on any atom is -0.468 e. The van der Waals surface area contributed by atoms with E-state index in [0.717, 1.165) is 5.56 Å². The molecule has 9 heteroatoms. The Kier molecular flexibility index (Phi) is 5.48. The zero-order valence-electron chi connectivity index (χ0n) is 16.2. The summed E-state index contributed by atoms with van der Waals surface area (Å²) in [7, 11) is -3.78. The van der Waals surface area contributed by atoms with Gasteiger partial charge in [0.2, 0.25) is 10.0 Å². The molecule has 0 bridgehead atoms. The third-order valence-corrected chi connectivity index (χ3v) is 6.79. The van der Waals surface area contributed by atoms with Gasteiger partial charge >= 0.3 is 0 Å². The summed E-state index contributed by atoms with van der Waals surface area (Å²) in [6.07, 6.45) is 2.71. The number of furan rings is 1. The molecule has 0 aliphatic carbocycles. The van der Waals surface area contributed by atoms with Gasteiger partial charge in [-0.2, -0.15) is 0 Å². The fraction of sp³-hybridized carbons (Fsp3) is 0.450. The van der Waals surface area contributed by atoms with Crippen LogP contribution in [0.15, 0.2) is 45.9 Å². The maximum atomic E-state index is 13.1. The number of carbonyl (C=O) groups excluding carboxylic acids is 1. The first kappa shape index (κ1) is 20.1. The number of nitrogens with one attached hydrogen (secondary N) is 1. The second-order valence-corrected chi connectivity index (χ2v) is 9.05. The number of piperidine rings is 1. The molecule has 2 fully saturated rings. The number of rotatable bonds is 5. The molecule has 2 aromatic rings. The molecule has 0 unspecified atom stereocenters. The lowest BCUT2D eigenvalue weighted by Gasteiger charge is -2.37. The van der Waals surface area contributed by atoms with E-state index in [0.29, 0.717) is 50.5 Å². The molecule has 0 atom stereocenters. The van der Waals surface area contributed by atoms with Gasteiger partial charge in [0.05, 0.1) is 30.9 Å². The van der Waals surface area contributed by atoms with Crippen LogP contribution in [0.2, 0.25) is 0 Å². The van der Waals surface area contributed by atoms with Crippen LogP contribution in [0, 0.1) is 6.92 Å². The third kappa shape index (κ3) is 4.23. The number of amides is 1. The summed E-state index contributed by atoms with van der Waals surface area (Å²) < 4.78 is 44.4. The topological polar surface area (TPSA) is 98.1 Å². The van der Waals surface area contributed by atoms with Crippen LogP contribution >= 0.6 is 0 Å². The summed E-state index contributed by atoms with van der Waals surface area (Å²) >= 11 is 0. The van der Waals surface area contributed by atoms with Crippen LogP contribution in [0.1, 0.15) is 34.5 Å². The second kappa shape index (κ2) is 7.91. The number of hydrogen-bond donors (Lipinski definition) is 1. The van der Waals surface area contributed by atoms with E-state index in [2.05, 4.69) is 4.72 Å². The highest BCUT2D eigenvalue weighted by molar-refractivity contribution is 7.89. The smallest absolute Gasteiger partial charge is 0.254 e. The monoisotopic (exact) mass is 420 g/mol. The summed E-state index contributed by atoms with van der Waals surface area (Å²) in [5, 5.41) is 0. The van der Waals surface area contributed by atoms with Gasteiger partial charge in [-0.15, -0.1) is 0 Å². The number of likely N-dealkylation sites (tertiary alicyclic amines) is 1. The zero-order chi connectivity index (χ0) is 20.5. The van der Waals surface area contributed by atoms with Crippen molar-refractivity contribution in [3.05, 3.63) is 53.5 Å². The van der Waals surface area contributed by atoms with E-state index in [-0.39, 0.29) is 17.3 Å². The molecule has 1 amide bonds. The summed E-state index contributed by atoms with van der Waals surface area (Å²) in [6.45, 7) is 4.02. The minimum atomic E-state index is -3.78. The van der Waals surface area contributed by atoms with E-state index in [1.165, 1.54) is 18.4 Å². The van der Waals surface area contributed by atoms with Gasteiger partial charge in [-0.3, -0.25) is 4.79 Å². The Labute approximate surface area is 169 Å². The molecule has 1 aromatic heterocycles. The van der Waals surface area contributed by atoms with Crippen molar-refractivity contribution in [2.75, 3.05) is 26.3 Å². The largest absolute Gasteiger partial charge is 0.468 e. The third-order valence-electron chi connectivity index (χ3n) is 5.39. The van der Waals surface area contributed by atoms with Crippen molar-refractivity contribution >= 4 is 15.9 Å². The first-order chi connectivity index (χ1) is 13.9. The van der Waals surface area contributed by atoms with E-state index >= 15 is 0 Å². The predicted octanol–water partition coefficient (Wildman–Crippen LogP) is 2.05. The normalized spacial score (nSPS) is 19.0. The zero-order valence-corrected chi connectivity index (χ0v) is 17.0. The van der Waals surface area contributed by atoms with Crippen molar-refractivity contribution in [2.24, 2.45) is 0 Å². The van der Waals surface area contributed by atoms with Gasteiger partial charge in [0.15, 0.2) is 5.79 Å². The number of hydrogen-bond acceptors (Lipinski definition) is 6. The highest BCUT2D eigenvalue weighted by atomic mass is 32.2. The summed E-state index contributed by atoms with van der Waals surface area (Å²) in [5.74, 6) is -0.235. The molecule has 2 aliphatic heterocycles. The van der Waals surface area contributed by atoms with E-state index in [1.807, 2.05) is 0 Å². The van der Waals surface area contributed by atoms with Gasteiger partial charge < -0.3 is 18.8 Å². The molecule has 1 spiro atoms. The Bertz CT molecular complexity index is 970. The van der Waals surface area contributed by atoms with E-state index in [4.69, 9.17) is 13.9 Å². The van der Waals surface area contributed by atoms with Gasteiger partial charge in [-0.05, 0) is 36.8 Å². The second-order valence-electron chi connectivity index (χ2n) is 7.28. The maximum absolute atomic E-state index is 13.1. The van der Waals surface area contributed by atoms with Crippen molar-refractivity contribution in [1.29, 1.82) is 0 Å². The molecule has 0 radical (unpaired) electrons. The van der Waals surface area contributed by atoms with Crippen molar-refractivity contribution in [3.63, 3.8) is 0 Å². The predicted molar refractivity (Wildman–Crippen MR) is 104 cm³/mol. The van der Waals surface area contributed by atoms with Crippen LogP contribution in [0.5, 0.6) is 0 Å². The summed E-state index contributed by atoms with van der Waals surface area (Å²) in [5.41, 5.74) is 1.11. The van der Waals surface area contributed by atoms with E-state index in [9.17, 15) is 13.2 Å². The van der Waals surface area contributed by atoms with Crippen molar-refractivity contribution in [2.45, 2.75) is 37.0 Å². The number of nitrogens with zero attached hydrogens (tertiary/aromatic N) is 1. The minimum absolute atomic E-state index is 0.0424. The lowest BCUT2D eigenvalue weighted by atomic mass is 10.0. The molecule has 1 N–H and O–H groups in total. The molecular formula is C20H24N2O6S. The number of carbonyl (C=O) groups is 1. The quantitative estimate of drug-likeness (QED) is 0.795. The molecule has 156 valence electrons. The van der Waals surface area contributed by atoms with Crippen LogP contribution in [0.3, 0.4) is 0 Å². The lowest BCUT2D eigenvalue weighted by Crippen LogP contribution is -2.47. The Balaban J connectivity index is 1.48. The first-order valence-electron chi connectivity index (χ1n) is 9.58. The van der Waals surface area contributed by atoms with Crippen LogP contribution in [0.25, 0.3) is 0 Å². The lowest BCUT2D eigenvalue weighted by molar-refractivity contribution is -0.181. The average molecular weight is 420 g/mol. The Hall–Kier alpha value is -2.20. The maximum Gasteiger partial charge on any atom is 0.254 e. The van der Waals surface area contributed by atoms with Gasteiger partial charge in [0, 0.05) is 31.5 Å². The van der Waals surface area contributed by atoms with Gasteiger partial charge in [0.25, 0.3) is 5.91 Å². The Morgan fingerprint density at radius 3 is 2.55 bits per heavy atom. The standard InChI is InChI=1S/C20H24N2O6S/c1-15-4-5-17(29(24,25)21-14-16-3-2-10-26-16)13-18(15)19(23)22-8-6-20(7-9-22)27-11-12-28-20/h2-5,10,13,21H,6-9,11-12,14H2,1H3. The van der Waals surface area contributed by atoms with Crippen molar-refractivity contribution in [1.82, 2.24) is 9.62 Å². The summed E-state index contributed by atoms with van der Waals surface area (Å²) in [4.78, 5) is 14.8. The fourth-order valence-corrected chi connectivity index (χ4v) is 4.69. The van der Waals surface area contributed by atoms with Crippen LogP contribution in [0.4, 0.5) is 0 Å². The SMILES string of the molecule is Cc1ccc(S(=O)(=O)NCc2ccco2)cc1C(=O)N1CCC2(CC1)OCCO2. The molecule has 29 heavy (non-hydrogen) atoms. The molecule has 1 aromatic carbocycles. The average Bonchev–Trinajstić information content (AvgIpc) is 3.39. The Morgan fingerprint density at radius 2 is 1.90 bits per heavy atom. The molecular weight excluding hydrogens is 396 g/mol. The van der Waals surface area contributed by atoms with Gasteiger partial charge in [0.1, 0.15) is 5.76 Å². The molecule has 4 rings (SSSR count). The molecule has 0 saturated carbocycles. The van der Waals surface area contributed by atoms with Crippen LogP contribution < -0.4 is 4.72 Å². The van der Waals surface area contributed by atoms with Gasteiger partial charge in [-0.1, -0.05) is 6.07 Å². The van der Waals surface area contributed by atoms with Crippen LogP contribution in [-0.4, -0.2) is 51.3 Å². The number of benzene rings is 1. The van der Waals surface area contributed by atoms with Crippen molar-refractivity contribution < 1.29 is 27.1 Å². The number of aryl methyl sites for hydroxylation is 1. The molecule has 2 saturated heterocycles. The van der Waals surface area contributed by atoms with Crippen molar-refractivity contribution in [3.8, 4) is 0 Å².